The fourth-order valence-corrected chi connectivity index (χ4v) is 11.3. The lowest BCUT2D eigenvalue weighted by atomic mass is 9.33. The summed E-state index contributed by atoms with van der Waals surface area (Å²) in [4.78, 5) is 52.3. The lowest BCUT2D eigenvalue weighted by Crippen LogP contribution is -2.82. The average Bonchev–Trinajstić information content (AvgIpc) is 3.29. The van der Waals surface area contributed by atoms with Crippen LogP contribution in [0.5, 0.6) is 0 Å². The van der Waals surface area contributed by atoms with Crippen molar-refractivity contribution in [2.45, 2.75) is 109 Å². The number of epoxide rings is 1. The Morgan fingerprint density at radius 1 is 0.909 bits per heavy atom. The second kappa shape index (κ2) is 9.14. The second-order valence-corrected chi connectivity index (χ2v) is 14.5. The van der Waals surface area contributed by atoms with Gasteiger partial charge in [-0.1, -0.05) is 13.8 Å². The van der Waals surface area contributed by atoms with E-state index in [-0.39, 0.29) is 31.5 Å². The Balaban J connectivity index is 1.43. The highest BCUT2D eigenvalue weighted by Crippen LogP contribution is 2.83. The van der Waals surface area contributed by atoms with Gasteiger partial charge in [0.05, 0.1) is 48.3 Å². The van der Waals surface area contributed by atoms with Crippen molar-refractivity contribution in [2.24, 2.45) is 33.5 Å². The van der Waals surface area contributed by atoms with Gasteiger partial charge in [-0.15, -0.1) is 0 Å². The molecular weight excluding hydrogens is 576 g/mol. The summed E-state index contributed by atoms with van der Waals surface area (Å²) in [6.07, 6.45) is -2.32. The molecular formula is C32H40O12. The summed E-state index contributed by atoms with van der Waals surface area (Å²) < 4.78 is 35.6. The second-order valence-electron chi connectivity index (χ2n) is 14.5. The Hall–Kier alpha value is -2.80. The molecule has 0 aromatic carbocycles. The Morgan fingerprint density at radius 3 is 2.20 bits per heavy atom. The Labute approximate surface area is 254 Å². The average molecular weight is 617 g/mol. The summed E-state index contributed by atoms with van der Waals surface area (Å²) in [5.74, 6) is -4.32. The van der Waals surface area contributed by atoms with Crippen molar-refractivity contribution in [1.82, 2.24) is 0 Å². The minimum absolute atomic E-state index is 0.0475. The van der Waals surface area contributed by atoms with Crippen molar-refractivity contribution in [2.75, 3.05) is 6.61 Å². The van der Waals surface area contributed by atoms with Crippen LogP contribution in [0, 0.1) is 33.5 Å². The third kappa shape index (κ3) is 3.22. The van der Waals surface area contributed by atoms with Gasteiger partial charge in [0.25, 0.3) is 0 Å². The first kappa shape index (κ1) is 29.9. The van der Waals surface area contributed by atoms with E-state index in [1.807, 2.05) is 19.9 Å². The normalized spacial score (nSPS) is 51.6. The van der Waals surface area contributed by atoms with Crippen LogP contribution < -0.4 is 0 Å². The minimum atomic E-state index is -1.31. The van der Waals surface area contributed by atoms with Gasteiger partial charge in [-0.25, -0.2) is 0 Å². The lowest BCUT2D eigenvalue weighted by molar-refractivity contribution is -0.374. The van der Waals surface area contributed by atoms with Crippen LogP contribution in [0.4, 0.5) is 0 Å². The fraction of sp³-hybridized carbons (Fsp3) is 0.750. The van der Waals surface area contributed by atoms with E-state index in [2.05, 4.69) is 0 Å². The molecule has 4 aliphatic carbocycles. The molecule has 240 valence electrons. The predicted octanol–water partition coefficient (Wildman–Crippen LogP) is 2.04. The number of carbonyl (C=O) groups excluding carboxylic acids is 4. The van der Waals surface area contributed by atoms with Crippen LogP contribution in [0.3, 0.4) is 0 Å². The molecule has 0 radical (unpaired) electrons. The number of hydrogen-bond donors (Lipinski definition) is 2. The molecule has 2 N–H and O–H groups in total. The van der Waals surface area contributed by atoms with Gasteiger partial charge in [-0.05, 0) is 37.3 Å². The quantitative estimate of drug-likeness (QED) is 0.287. The molecule has 3 heterocycles. The summed E-state index contributed by atoms with van der Waals surface area (Å²) in [6.45, 7) is 9.09. The highest BCUT2D eigenvalue weighted by atomic mass is 16.7. The minimum Gasteiger partial charge on any atom is -0.472 e. The standard InChI is InChI=1S/C32H40O12/c1-14(33)41-22-11-21(37)31-13-40-27(43-16(3)35)28(22,4)19(31)10-20(36)30(6)25(31)24(38)26(42-15(2)34)29(5)18(17-7-8-39-12-17)9-23-32(29,30)44-23/h7-8,12,18-23,25-27,36-37H,9-11,13H2,1-6H3/t18-,19-,20+,21-,22+,23+,25-,26-,27+,28+,29+,30+,31+,32+/m0/s1. The van der Waals surface area contributed by atoms with Crippen LogP contribution in [0.25, 0.3) is 0 Å². The van der Waals surface area contributed by atoms with Gasteiger partial charge >= 0.3 is 17.9 Å². The molecule has 1 spiro atoms. The van der Waals surface area contributed by atoms with Crippen LogP contribution in [0.2, 0.25) is 0 Å². The van der Waals surface area contributed by atoms with Crippen LogP contribution in [-0.2, 0) is 42.9 Å². The highest BCUT2D eigenvalue weighted by molar-refractivity contribution is 5.93. The molecule has 0 amide bonds. The van der Waals surface area contributed by atoms with Crippen molar-refractivity contribution in [3.8, 4) is 0 Å². The molecule has 44 heavy (non-hydrogen) atoms. The lowest BCUT2D eigenvalue weighted by Gasteiger charge is -2.73. The number of carbonyl (C=O) groups is 4. The summed E-state index contributed by atoms with van der Waals surface area (Å²) in [6, 6.07) is 1.83. The van der Waals surface area contributed by atoms with Crippen molar-refractivity contribution >= 4 is 23.7 Å². The zero-order chi connectivity index (χ0) is 31.8. The first-order valence-electron chi connectivity index (χ1n) is 15.3. The van der Waals surface area contributed by atoms with Gasteiger partial charge in [0, 0.05) is 49.9 Å². The van der Waals surface area contributed by atoms with Gasteiger partial charge in [-0.2, -0.15) is 0 Å². The van der Waals surface area contributed by atoms with Crippen molar-refractivity contribution in [3.05, 3.63) is 24.2 Å². The summed E-state index contributed by atoms with van der Waals surface area (Å²) in [7, 11) is 0. The van der Waals surface area contributed by atoms with Gasteiger partial charge in [0.15, 0.2) is 11.9 Å². The maximum atomic E-state index is 15.2. The molecule has 2 bridgehead atoms. The van der Waals surface area contributed by atoms with Gasteiger partial charge in [0.2, 0.25) is 6.29 Å². The third-order valence-electron chi connectivity index (χ3n) is 12.8. The summed E-state index contributed by atoms with van der Waals surface area (Å²) in [5, 5.41) is 24.5. The smallest absolute Gasteiger partial charge is 0.304 e. The first-order valence-corrected chi connectivity index (χ1v) is 15.3. The number of esters is 3. The van der Waals surface area contributed by atoms with Crippen molar-refractivity contribution in [1.29, 1.82) is 0 Å². The van der Waals surface area contributed by atoms with Crippen LogP contribution in [0.15, 0.2) is 23.0 Å². The largest absolute Gasteiger partial charge is 0.472 e. The highest BCUT2D eigenvalue weighted by Gasteiger charge is 2.92. The molecule has 0 unspecified atom stereocenters. The molecule has 2 saturated heterocycles. The summed E-state index contributed by atoms with van der Waals surface area (Å²) >= 11 is 0. The molecule has 6 fully saturated rings. The van der Waals surface area contributed by atoms with Crippen molar-refractivity contribution in [3.63, 3.8) is 0 Å². The Kier molecular flexibility index (Phi) is 6.21. The molecule has 12 heteroatoms. The third-order valence-corrected chi connectivity index (χ3v) is 12.8. The Bertz CT molecular complexity index is 1420. The van der Waals surface area contributed by atoms with Gasteiger partial charge in [-0.3, -0.25) is 19.2 Å². The van der Waals surface area contributed by atoms with E-state index < -0.39 is 93.5 Å². The SMILES string of the molecule is CC(=O)O[C@H]1OC[C@@]23[C@H]4C(=O)[C@H](OC(C)=O)[C@@]5(C)[C@H](c6ccoc6)C[C@H]6O[C@]65[C@]4(C)[C@H](O)C[C@H]2[C@]1(C)[C@H](OC(C)=O)C[C@@H]3O. The number of furan rings is 1. The molecule has 14 atom stereocenters. The number of aliphatic hydroxyl groups excluding tert-OH is 2. The number of hydrogen-bond acceptors (Lipinski definition) is 12. The maximum absolute atomic E-state index is 15.2. The molecule has 1 aromatic heterocycles. The molecule has 6 aliphatic rings. The number of rotatable bonds is 4. The fourth-order valence-electron chi connectivity index (χ4n) is 11.3. The molecule has 1 aromatic rings. The van der Waals surface area contributed by atoms with Crippen LogP contribution in [0.1, 0.15) is 72.3 Å². The van der Waals surface area contributed by atoms with E-state index in [0.29, 0.717) is 6.42 Å². The van der Waals surface area contributed by atoms with Gasteiger partial charge < -0.3 is 38.3 Å². The summed E-state index contributed by atoms with van der Waals surface area (Å²) in [5.41, 5.74) is -5.09. The molecule has 7 rings (SSSR count). The van der Waals surface area contributed by atoms with E-state index in [1.54, 1.807) is 19.5 Å². The van der Waals surface area contributed by atoms with E-state index in [9.17, 15) is 24.6 Å². The molecule has 2 aliphatic heterocycles. The number of ether oxygens (including phenoxy) is 5. The first-order chi connectivity index (χ1) is 20.6. The zero-order valence-electron chi connectivity index (χ0n) is 25.7. The monoisotopic (exact) mass is 616 g/mol. The van der Waals surface area contributed by atoms with E-state index in [0.717, 1.165) is 5.56 Å². The Morgan fingerprint density at radius 2 is 1.59 bits per heavy atom. The number of aliphatic hydroxyl groups is 2. The van der Waals surface area contributed by atoms with E-state index in [4.69, 9.17) is 28.1 Å². The topological polar surface area (TPSA) is 171 Å². The van der Waals surface area contributed by atoms with Crippen LogP contribution in [-0.4, -0.2) is 82.9 Å². The molecule has 12 nitrogen and oxygen atoms in total. The van der Waals surface area contributed by atoms with Crippen molar-refractivity contribution < 1.29 is 57.5 Å². The maximum Gasteiger partial charge on any atom is 0.304 e. The molecule has 4 saturated carbocycles. The van der Waals surface area contributed by atoms with Gasteiger partial charge in [0.1, 0.15) is 11.7 Å². The van der Waals surface area contributed by atoms with Crippen LogP contribution >= 0.6 is 0 Å². The number of fused-ring (bicyclic) bond motifs is 1. The van der Waals surface area contributed by atoms with E-state index >= 15 is 4.79 Å². The van der Waals surface area contributed by atoms with E-state index in [1.165, 1.54) is 20.8 Å². The zero-order valence-corrected chi connectivity index (χ0v) is 25.7. The number of ketones is 1. The number of Topliss-reactive ketones (excluding diaryl/α,β-unsaturated/α-hetero) is 1. The predicted molar refractivity (Wildman–Crippen MR) is 146 cm³/mol.